The van der Waals surface area contributed by atoms with Gasteiger partial charge in [-0.3, -0.25) is 9.59 Å². The van der Waals surface area contributed by atoms with Gasteiger partial charge in [-0.1, -0.05) is 25.0 Å². The summed E-state index contributed by atoms with van der Waals surface area (Å²) in [5.41, 5.74) is 2.06. The van der Waals surface area contributed by atoms with Crippen molar-refractivity contribution in [1.82, 2.24) is 10.3 Å². The van der Waals surface area contributed by atoms with Gasteiger partial charge in [0.25, 0.3) is 0 Å². The number of rotatable bonds is 5. The van der Waals surface area contributed by atoms with E-state index in [1.807, 2.05) is 6.07 Å². The third-order valence-corrected chi connectivity index (χ3v) is 6.04. The topological polar surface area (TPSA) is 136 Å². The minimum atomic E-state index is -0.676. The molecule has 38 heavy (non-hydrogen) atoms. The van der Waals surface area contributed by atoms with Crippen LogP contribution >= 0.6 is 0 Å². The van der Waals surface area contributed by atoms with Crippen LogP contribution in [0.3, 0.4) is 0 Å². The van der Waals surface area contributed by atoms with E-state index < -0.39 is 29.7 Å². The first-order chi connectivity index (χ1) is 18.0. The summed E-state index contributed by atoms with van der Waals surface area (Å²) in [4.78, 5) is 52.9. The fourth-order valence-electron chi connectivity index (χ4n) is 4.35. The highest BCUT2D eigenvalue weighted by Crippen LogP contribution is 2.32. The largest absolute Gasteiger partial charge is 0.469 e. The zero-order valence-electron chi connectivity index (χ0n) is 22.6. The first kappa shape index (κ1) is 28.7. The molecule has 1 aliphatic heterocycles. The predicted molar refractivity (Wildman–Crippen MR) is 143 cm³/mol. The molecule has 3 N–H and O–H groups in total. The minimum absolute atomic E-state index is 0.0536. The molecular weight excluding hydrogens is 490 g/mol. The quantitative estimate of drug-likeness (QED) is 0.388. The SMILES string of the molecule is CCOC(=O)C1CCCCC(NC(=O)OC(C)(C)C)c2cc(cc(=O)[nH]2)-c2ccc(CC(=O)OC)cc2N1. The van der Waals surface area contributed by atoms with Gasteiger partial charge in [0.2, 0.25) is 5.56 Å². The second kappa shape index (κ2) is 12.6. The third kappa shape index (κ3) is 8.09. The molecule has 3 rings (SSSR count). The van der Waals surface area contributed by atoms with Crippen LogP contribution in [0.2, 0.25) is 0 Å². The molecule has 0 fully saturated rings. The standard InChI is InChI=1S/C28H37N3O7/c1-6-37-26(34)21-10-8-7-9-20(31-27(35)38-28(2,3)4)23-15-18(16-24(32)30-23)19-12-11-17(13-22(19)29-21)14-25(33)36-5/h11-13,15-16,20-21,29H,6-10,14H2,1-5H3,(H,30,32)(H,31,35). The average Bonchev–Trinajstić information content (AvgIpc) is 2.83. The molecule has 2 bridgehead atoms. The van der Waals surface area contributed by atoms with E-state index in [4.69, 9.17) is 14.2 Å². The lowest BCUT2D eigenvalue weighted by Gasteiger charge is -2.26. The van der Waals surface area contributed by atoms with E-state index in [1.165, 1.54) is 13.2 Å². The number of nitrogens with one attached hydrogen (secondary N) is 3. The first-order valence-corrected chi connectivity index (χ1v) is 12.9. The molecule has 10 heteroatoms. The number of fused-ring (bicyclic) bond motifs is 4. The van der Waals surface area contributed by atoms with Crippen molar-refractivity contribution in [2.75, 3.05) is 19.0 Å². The Bertz CT molecular complexity index is 1220. The van der Waals surface area contributed by atoms with Gasteiger partial charge in [-0.25, -0.2) is 9.59 Å². The molecule has 10 nitrogen and oxygen atoms in total. The van der Waals surface area contributed by atoms with Crippen molar-refractivity contribution in [3.63, 3.8) is 0 Å². The monoisotopic (exact) mass is 527 g/mol. The maximum Gasteiger partial charge on any atom is 0.408 e. The van der Waals surface area contributed by atoms with Crippen LogP contribution in [0.1, 0.15) is 70.7 Å². The van der Waals surface area contributed by atoms with E-state index in [1.54, 1.807) is 45.9 Å². The van der Waals surface area contributed by atoms with Crippen molar-refractivity contribution in [2.24, 2.45) is 0 Å². The van der Waals surface area contributed by atoms with Crippen LogP contribution in [-0.4, -0.2) is 48.4 Å². The normalized spacial score (nSPS) is 17.5. The van der Waals surface area contributed by atoms with E-state index in [9.17, 15) is 19.2 Å². The molecule has 0 aliphatic carbocycles. The summed E-state index contributed by atoms with van der Waals surface area (Å²) >= 11 is 0. The number of anilines is 1. The summed E-state index contributed by atoms with van der Waals surface area (Å²) in [6.07, 6.45) is 1.81. The third-order valence-electron chi connectivity index (χ3n) is 6.04. The van der Waals surface area contributed by atoms with Gasteiger partial charge in [0.05, 0.1) is 26.2 Å². The van der Waals surface area contributed by atoms with Crippen molar-refractivity contribution in [3.8, 4) is 11.1 Å². The number of aromatic nitrogens is 1. The number of hydrogen-bond donors (Lipinski definition) is 3. The van der Waals surface area contributed by atoms with Crippen molar-refractivity contribution in [2.45, 2.75) is 77.5 Å². The summed E-state index contributed by atoms with van der Waals surface area (Å²) in [5.74, 6) is -0.779. The molecule has 0 radical (unpaired) electrons. The lowest BCUT2D eigenvalue weighted by molar-refractivity contribution is -0.144. The molecule has 1 amide bonds. The molecule has 2 heterocycles. The lowest BCUT2D eigenvalue weighted by atomic mass is 9.95. The Morgan fingerprint density at radius 1 is 1.08 bits per heavy atom. The highest BCUT2D eigenvalue weighted by molar-refractivity contribution is 5.85. The lowest BCUT2D eigenvalue weighted by Crippen LogP contribution is -2.36. The number of hydrogen-bond acceptors (Lipinski definition) is 8. The second-order valence-electron chi connectivity index (χ2n) is 10.3. The molecule has 0 spiro atoms. The van der Waals surface area contributed by atoms with Gasteiger partial charge in [-0.2, -0.15) is 0 Å². The molecule has 1 aromatic heterocycles. The van der Waals surface area contributed by atoms with Crippen LogP contribution in [0.4, 0.5) is 10.5 Å². The number of pyridine rings is 1. The number of carbonyl (C=O) groups excluding carboxylic acids is 3. The van der Waals surface area contributed by atoms with E-state index in [0.717, 1.165) is 0 Å². The Kier molecular flexibility index (Phi) is 9.55. The van der Waals surface area contributed by atoms with Gasteiger partial charge >= 0.3 is 18.0 Å². The van der Waals surface area contributed by atoms with Crippen molar-refractivity contribution >= 4 is 23.7 Å². The van der Waals surface area contributed by atoms with Crippen LogP contribution in [0, 0.1) is 0 Å². The maximum atomic E-state index is 12.8. The van der Waals surface area contributed by atoms with E-state index in [0.29, 0.717) is 53.8 Å². The van der Waals surface area contributed by atoms with Crippen molar-refractivity contribution in [1.29, 1.82) is 0 Å². The summed E-state index contributed by atoms with van der Waals surface area (Å²) < 4.78 is 15.6. The molecule has 206 valence electrons. The Labute approximate surface area is 222 Å². The molecule has 0 saturated heterocycles. The second-order valence-corrected chi connectivity index (χ2v) is 10.3. The summed E-state index contributed by atoms with van der Waals surface area (Å²) in [5, 5.41) is 6.19. The van der Waals surface area contributed by atoms with Crippen LogP contribution in [-0.2, 0) is 30.2 Å². The summed E-state index contributed by atoms with van der Waals surface area (Å²) in [6.45, 7) is 7.34. The average molecular weight is 528 g/mol. The van der Waals surface area contributed by atoms with Gasteiger partial charge in [-0.15, -0.1) is 0 Å². The molecule has 2 aromatic rings. The van der Waals surface area contributed by atoms with Gasteiger partial charge in [-0.05, 0) is 63.8 Å². The Balaban J connectivity index is 2.09. The minimum Gasteiger partial charge on any atom is -0.469 e. The molecule has 0 saturated carbocycles. The number of methoxy groups -OCH3 is 1. The van der Waals surface area contributed by atoms with Crippen LogP contribution in [0.15, 0.2) is 35.1 Å². The number of carbonyl (C=O) groups is 3. The molecular formula is C28H37N3O7. The fourth-order valence-corrected chi connectivity index (χ4v) is 4.35. The number of alkyl carbamates (subject to hydrolysis) is 1. The smallest absolute Gasteiger partial charge is 0.408 e. The molecule has 2 unspecified atom stereocenters. The molecule has 1 aliphatic rings. The number of H-pyrrole nitrogens is 1. The number of benzene rings is 1. The zero-order chi connectivity index (χ0) is 27.9. The predicted octanol–water partition coefficient (Wildman–Crippen LogP) is 4.24. The van der Waals surface area contributed by atoms with Crippen LogP contribution in [0.5, 0.6) is 0 Å². The Morgan fingerprint density at radius 3 is 2.50 bits per heavy atom. The van der Waals surface area contributed by atoms with Crippen LogP contribution in [0.25, 0.3) is 11.1 Å². The molecule has 1 aromatic carbocycles. The number of esters is 2. The van der Waals surface area contributed by atoms with Gasteiger partial charge in [0.1, 0.15) is 11.6 Å². The van der Waals surface area contributed by atoms with E-state index >= 15 is 0 Å². The number of aromatic amines is 1. The van der Waals surface area contributed by atoms with Crippen molar-refractivity contribution < 1.29 is 28.6 Å². The Hall–Kier alpha value is -3.82. The number of ether oxygens (including phenoxy) is 3. The summed E-state index contributed by atoms with van der Waals surface area (Å²) in [6, 6.07) is 7.48. The van der Waals surface area contributed by atoms with Crippen LogP contribution < -0.4 is 16.2 Å². The zero-order valence-corrected chi connectivity index (χ0v) is 22.6. The van der Waals surface area contributed by atoms with Crippen molar-refractivity contribution in [3.05, 3.63) is 51.9 Å². The summed E-state index contributed by atoms with van der Waals surface area (Å²) in [7, 11) is 1.32. The number of amides is 1. The maximum absolute atomic E-state index is 12.8. The van der Waals surface area contributed by atoms with Gasteiger partial charge < -0.3 is 29.8 Å². The van der Waals surface area contributed by atoms with Gasteiger partial charge in [0.15, 0.2) is 0 Å². The Morgan fingerprint density at radius 2 is 1.82 bits per heavy atom. The first-order valence-electron chi connectivity index (χ1n) is 12.9. The van der Waals surface area contributed by atoms with E-state index in [2.05, 4.69) is 15.6 Å². The fraction of sp³-hybridized carbons (Fsp3) is 0.500. The highest BCUT2D eigenvalue weighted by Gasteiger charge is 2.25. The molecule has 2 atom stereocenters. The van der Waals surface area contributed by atoms with E-state index in [-0.39, 0.29) is 24.6 Å². The van der Waals surface area contributed by atoms with Gasteiger partial charge in [0, 0.05) is 23.0 Å². The highest BCUT2D eigenvalue weighted by atomic mass is 16.6.